The zero-order valence-corrected chi connectivity index (χ0v) is 12.6. The number of aromatic nitrogens is 1. The Kier molecular flexibility index (Phi) is 4.26. The molecular weight excluding hydrogens is 250 g/mol. The molecule has 1 aromatic carbocycles. The minimum Gasteiger partial charge on any atom is -0.387 e. The molecule has 0 bridgehead atoms. The zero-order valence-electron chi connectivity index (χ0n) is 12.6. The molecule has 0 aliphatic rings. The first-order valence-electron chi connectivity index (χ1n) is 6.85. The van der Waals surface area contributed by atoms with E-state index in [1.54, 1.807) is 0 Å². The maximum Gasteiger partial charge on any atom is 0.129 e. The van der Waals surface area contributed by atoms with E-state index in [9.17, 15) is 5.11 Å². The summed E-state index contributed by atoms with van der Waals surface area (Å²) in [6.45, 7) is 4.93. The summed E-state index contributed by atoms with van der Waals surface area (Å²) in [6, 6.07) is 10.2. The van der Waals surface area contributed by atoms with Crippen molar-refractivity contribution in [3.05, 3.63) is 35.9 Å². The number of nitrogens with one attached hydrogen (secondary N) is 1. The highest BCUT2D eigenvalue weighted by molar-refractivity contribution is 5.81. The third-order valence-electron chi connectivity index (χ3n) is 3.21. The molecule has 0 amide bonds. The number of aliphatic hydroxyl groups is 1. The highest BCUT2D eigenvalue weighted by Gasteiger charge is 2.21. The van der Waals surface area contributed by atoms with E-state index >= 15 is 0 Å². The number of benzene rings is 1. The molecule has 0 saturated heterocycles. The minimum atomic E-state index is -0.788. The van der Waals surface area contributed by atoms with Crippen LogP contribution in [-0.4, -0.2) is 47.8 Å². The van der Waals surface area contributed by atoms with Crippen molar-refractivity contribution in [1.29, 1.82) is 0 Å². The van der Waals surface area contributed by atoms with Gasteiger partial charge in [-0.05, 0) is 45.6 Å². The van der Waals surface area contributed by atoms with E-state index in [-0.39, 0.29) is 0 Å². The van der Waals surface area contributed by atoms with Crippen LogP contribution in [-0.2, 0) is 0 Å². The number of likely N-dealkylation sites (N-methyl/N-ethyl adjacent to an activating group) is 1. The second kappa shape index (κ2) is 5.77. The quantitative estimate of drug-likeness (QED) is 0.877. The molecule has 108 valence electrons. The first-order chi connectivity index (χ1) is 9.37. The van der Waals surface area contributed by atoms with Crippen molar-refractivity contribution in [2.24, 2.45) is 0 Å². The summed E-state index contributed by atoms with van der Waals surface area (Å²) in [5.74, 6) is 0.836. The van der Waals surface area contributed by atoms with Crippen molar-refractivity contribution in [2.45, 2.75) is 19.4 Å². The van der Waals surface area contributed by atoms with Gasteiger partial charge in [-0.1, -0.05) is 18.2 Å². The second-order valence-corrected chi connectivity index (χ2v) is 5.93. The molecule has 0 aliphatic carbocycles. The predicted molar refractivity (Wildman–Crippen MR) is 84.1 cm³/mol. The van der Waals surface area contributed by atoms with Crippen LogP contribution in [0.15, 0.2) is 30.3 Å². The lowest BCUT2D eigenvalue weighted by Gasteiger charge is -2.27. The molecule has 4 heteroatoms. The maximum absolute atomic E-state index is 10.3. The number of aryl methyl sites for hydroxylation is 1. The Labute approximate surface area is 120 Å². The standard InChI is InChI=1S/C16H23N3O/c1-12-9-13-7-5-6-8-14(13)18-15(12)17-10-16(2,20)11-19(3)4/h5-9,20H,10-11H2,1-4H3,(H,17,18). The lowest BCUT2D eigenvalue weighted by molar-refractivity contribution is 0.0459. The van der Waals surface area contributed by atoms with Crippen molar-refractivity contribution < 1.29 is 5.11 Å². The van der Waals surface area contributed by atoms with Crippen LogP contribution in [0.4, 0.5) is 5.82 Å². The molecule has 0 radical (unpaired) electrons. The van der Waals surface area contributed by atoms with Crippen LogP contribution < -0.4 is 5.32 Å². The highest BCUT2D eigenvalue weighted by atomic mass is 16.3. The molecule has 2 N–H and O–H groups in total. The van der Waals surface area contributed by atoms with Crippen molar-refractivity contribution in [3.8, 4) is 0 Å². The van der Waals surface area contributed by atoms with Gasteiger partial charge in [-0.3, -0.25) is 0 Å². The van der Waals surface area contributed by atoms with Crippen LogP contribution in [0.5, 0.6) is 0 Å². The van der Waals surface area contributed by atoms with Gasteiger partial charge in [0.25, 0.3) is 0 Å². The van der Waals surface area contributed by atoms with Crippen molar-refractivity contribution in [1.82, 2.24) is 9.88 Å². The average molecular weight is 273 g/mol. The molecule has 0 aliphatic heterocycles. The monoisotopic (exact) mass is 273 g/mol. The van der Waals surface area contributed by atoms with Crippen LogP contribution in [0.3, 0.4) is 0 Å². The van der Waals surface area contributed by atoms with Crippen molar-refractivity contribution in [2.75, 3.05) is 32.5 Å². The van der Waals surface area contributed by atoms with E-state index in [1.165, 1.54) is 0 Å². The van der Waals surface area contributed by atoms with Gasteiger partial charge in [-0.15, -0.1) is 0 Å². The fraction of sp³-hybridized carbons (Fsp3) is 0.438. The molecule has 20 heavy (non-hydrogen) atoms. The summed E-state index contributed by atoms with van der Waals surface area (Å²) in [7, 11) is 3.90. The Balaban J connectivity index is 2.15. The van der Waals surface area contributed by atoms with Gasteiger partial charge in [0.05, 0.1) is 11.1 Å². The molecule has 2 rings (SSSR count). The van der Waals surface area contributed by atoms with Gasteiger partial charge in [-0.25, -0.2) is 4.98 Å². The summed E-state index contributed by atoms with van der Waals surface area (Å²) < 4.78 is 0. The van der Waals surface area contributed by atoms with Crippen molar-refractivity contribution >= 4 is 16.7 Å². The minimum absolute atomic E-state index is 0.470. The van der Waals surface area contributed by atoms with Crippen molar-refractivity contribution in [3.63, 3.8) is 0 Å². The Morgan fingerprint density at radius 2 is 2.00 bits per heavy atom. The topological polar surface area (TPSA) is 48.4 Å². The molecule has 0 spiro atoms. The van der Waals surface area contributed by atoms with E-state index < -0.39 is 5.60 Å². The normalized spacial score (nSPS) is 14.5. The summed E-state index contributed by atoms with van der Waals surface area (Å²) >= 11 is 0. The average Bonchev–Trinajstić information content (AvgIpc) is 2.34. The fourth-order valence-corrected chi connectivity index (χ4v) is 2.41. The number of hydrogen-bond donors (Lipinski definition) is 2. The molecule has 0 fully saturated rings. The van der Waals surface area contributed by atoms with E-state index in [0.717, 1.165) is 22.3 Å². The molecule has 1 unspecified atom stereocenters. The number of rotatable bonds is 5. The first-order valence-corrected chi connectivity index (χ1v) is 6.85. The van der Waals surface area contributed by atoms with Gasteiger partial charge in [0, 0.05) is 18.5 Å². The Hall–Kier alpha value is -1.65. The SMILES string of the molecule is Cc1cc2ccccc2nc1NCC(C)(O)CN(C)C. The van der Waals surface area contributed by atoms with Gasteiger partial charge < -0.3 is 15.3 Å². The predicted octanol–water partition coefficient (Wildman–Crippen LogP) is 2.27. The smallest absolute Gasteiger partial charge is 0.129 e. The number of pyridine rings is 1. The lowest BCUT2D eigenvalue weighted by Crippen LogP contribution is -2.43. The number of para-hydroxylation sites is 1. The number of nitrogens with zero attached hydrogens (tertiary/aromatic N) is 2. The van der Waals surface area contributed by atoms with Crippen LogP contribution in [0, 0.1) is 6.92 Å². The van der Waals surface area contributed by atoms with Crippen LogP contribution in [0.2, 0.25) is 0 Å². The van der Waals surface area contributed by atoms with Crippen LogP contribution in [0.25, 0.3) is 10.9 Å². The molecule has 2 aromatic rings. The third kappa shape index (κ3) is 3.68. The summed E-state index contributed by atoms with van der Waals surface area (Å²) in [5.41, 5.74) is 1.26. The fourth-order valence-electron chi connectivity index (χ4n) is 2.41. The van der Waals surface area contributed by atoms with Gasteiger partial charge in [0.2, 0.25) is 0 Å². The number of hydrogen-bond acceptors (Lipinski definition) is 4. The molecular formula is C16H23N3O. The summed E-state index contributed by atoms with van der Waals surface area (Å²) in [4.78, 5) is 6.60. The molecule has 1 aromatic heterocycles. The first kappa shape index (κ1) is 14.8. The summed E-state index contributed by atoms with van der Waals surface area (Å²) in [5, 5.41) is 14.7. The Morgan fingerprint density at radius 3 is 2.70 bits per heavy atom. The second-order valence-electron chi connectivity index (χ2n) is 5.93. The van der Waals surface area contributed by atoms with Crippen LogP contribution >= 0.6 is 0 Å². The Bertz CT molecular complexity index is 593. The van der Waals surface area contributed by atoms with Gasteiger partial charge in [-0.2, -0.15) is 0 Å². The largest absolute Gasteiger partial charge is 0.387 e. The third-order valence-corrected chi connectivity index (χ3v) is 3.21. The number of fused-ring (bicyclic) bond motifs is 1. The number of anilines is 1. The lowest BCUT2D eigenvalue weighted by atomic mass is 10.1. The molecule has 4 nitrogen and oxygen atoms in total. The van der Waals surface area contributed by atoms with Gasteiger partial charge in [0.15, 0.2) is 0 Å². The molecule has 0 saturated carbocycles. The zero-order chi connectivity index (χ0) is 14.8. The van der Waals surface area contributed by atoms with E-state index in [1.807, 2.05) is 51.0 Å². The molecule has 1 atom stereocenters. The highest BCUT2D eigenvalue weighted by Crippen LogP contribution is 2.20. The van der Waals surface area contributed by atoms with Gasteiger partial charge in [0.1, 0.15) is 5.82 Å². The molecule has 1 heterocycles. The van der Waals surface area contributed by atoms with Gasteiger partial charge >= 0.3 is 0 Å². The van der Waals surface area contributed by atoms with E-state index in [2.05, 4.69) is 22.4 Å². The van der Waals surface area contributed by atoms with E-state index in [0.29, 0.717) is 13.1 Å². The van der Waals surface area contributed by atoms with E-state index in [4.69, 9.17) is 0 Å². The summed E-state index contributed by atoms with van der Waals surface area (Å²) in [6.07, 6.45) is 0. The maximum atomic E-state index is 10.3. The Morgan fingerprint density at radius 1 is 1.30 bits per heavy atom. The van der Waals surface area contributed by atoms with Crippen LogP contribution in [0.1, 0.15) is 12.5 Å².